The van der Waals surface area contributed by atoms with Gasteiger partial charge in [0.2, 0.25) is 0 Å². The van der Waals surface area contributed by atoms with Crippen LogP contribution in [0.5, 0.6) is 0 Å². The SMILES string of the molecule is SCCCc1cnc(Cl)cc1Cl. The van der Waals surface area contributed by atoms with Crippen LogP contribution in [0.2, 0.25) is 10.2 Å². The maximum Gasteiger partial charge on any atom is 0.130 e. The van der Waals surface area contributed by atoms with Crippen LogP contribution < -0.4 is 0 Å². The number of pyridine rings is 1. The van der Waals surface area contributed by atoms with Crippen LogP contribution in [-0.4, -0.2) is 10.7 Å². The largest absolute Gasteiger partial charge is 0.244 e. The molecular formula is C8H9Cl2NS. The fraction of sp³-hybridized carbons (Fsp3) is 0.375. The number of hydrogen-bond donors (Lipinski definition) is 1. The Morgan fingerprint density at radius 3 is 2.75 bits per heavy atom. The van der Waals surface area contributed by atoms with Crippen molar-refractivity contribution in [3.8, 4) is 0 Å². The first-order chi connectivity index (χ1) is 5.74. The van der Waals surface area contributed by atoms with Crippen molar-refractivity contribution in [1.82, 2.24) is 4.98 Å². The van der Waals surface area contributed by atoms with Crippen LogP contribution in [-0.2, 0) is 6.42 Å². The number of nitrogens with zero attached hydrogens (tertiary/aromatic N) is 1. The summed E-state index contributed by atoms with van der Waals surface area (Å²) >= 11 is 15.7. The minimum absolute atomic E-state index is 0.439. The van der Waals surface area contributed by atoms with Crippen molar-refractivity contribution in [2.75, 3.05) is 5.75 Å². The van der Waals surface area contributed by atoms with Crippen molar-refractivity contribution in [2.24, 2.45) is 0 Å². The molecule has 0 saturated carbocycles. The van der Waals surface area contributed by atoms with Crippen molar-refractivity contribution >= 4 is 35.8 Å². The molecule has 1 heterocycles. The lowest BCUT2D eigenvalue weighted by Gasteiger charge is -2.01. The van der Waals surface area contributed by atoms with E-state index < -0.39 is 0 Å². The van der Waals surface area contributed by atoms with Gasteiger partial charge in [-0.25, -0.2) is 4.98 Å². The Morgan fingerprint density at radius 1 is 1.42 bits per heavy atom. The molecule has 0 spiro atoms. The lowest BCUT2D eigenvalue weighted by Crippen LogP contribution is -1.89. The second kappa shape index (κ2) is 4.95. The van der Waals surface area contributed by atoms with Crippen LogP contribution in [0, 0.1) is 0 Å². The fourth-order valence-corrected chi connectivity index (χ4v) is 1.51. The summed E-state index contributed by atoms with van der Waals surface area (Å²) in [6, 6.07) is 1.66. The van der Waals surface area contributed by atoms with Gasteiger partial charge in [0.05, 0.1) is 0 Å². The van der Waals surface area contributed by atoms with E-state index in [9.17, 15) is 0 Å². The maximum atomic E-state index is 5.92. The highest BCUT2D eigenvalue weighted by Gasteiger charge is 2.00. The third kappa shape index (κ3) is 2.85. The number of hydrogen-bond acceptors (Lipinski definition) is 2. The van der Waals surface area contributed by atoms with Gasteiger partial charge in [-0.05, 0) is 30.2 Å². The smallest absolute Gasteiger partial charge is 0.130 e. The Kier molecular flexibility index (Phi) is 4.19. The van der Waals surface area contributed by atoms with Crippen molar-refractivity contribution in [1.29, 1.82) is 0 Å². The van der Waals surface area contributed by atoms with E-state index in [0.29, 0.717) is 10.2 Å². The average Bonchev–Trinajstić information content (AvgIpc) is 2.03. The number of thiol groups is 1. The van der Waals surface area contributed by atoms with Gasteiger partial charge in [-0.2, -0.15) is 12.6 Å². The summed E-state index contributed by atoms with van der Waals surface area (Å²) in [5.41, 5.74) is 1.04. The van der Waals surface area contributed by atoms with Gasteiger partial charge >= 0.3 is 0 Å². The van der Waals surface area contributed by atoms with Crippen molar-refractivity contribution in [2.45, 2.75) is 12.8 Å². The second-order valence-electron chi connectivity index (χ2n) is 2.43. The molecular weight excluding hydrogens is 213 g/mol. The molecule has 0 atom stereocenters. The number of rotatable bonds is 3. The van der Waals surface area contributed by atoms with Crippen LogP contribution in [0.25, 0.3) is 0 Å². The summed E-state index contributed by atoms with van der Waals surface area (Å²) in [7, 11) is 0. The normalized spacial score (nSPS) is 10.2. The highest BCUT2D eigenvalue weighted by molar-refractivity contribution is 7.80. The van der Waals surface area contributed by atoms with Gasteiger partial charge in [0, 0.05) is 11.2 Å². The predicted molar refractivity (Wildman–Crippen MR) is 56.4 cm³/mol. The zero-order valence-corrected chi connectivity index (χ0v) is 8.83. The van der Waals surface area contributed by atoms with E-state index in [1.807, 2.05) is 0 Å². The van der Waals surface area contributed by atoms with Crippen molar-refractivity contribution < 1.29 is 0 Å². The molecule has 0 N–H and O–H groups in total. The van der Waals surface area contributed by atoms with Crippen molar-refractivity contribution in [3.05, 3.63) is 28.0 Å². The second-order valence-corrected chi connectivity index (χ2v) is 3.67. The predicted octanol–water partition coefficient (Wildman–Crippen LogP) is 3.25. The summed E-state index contributed by atoms with van der Waals surface area (Å²) in [4.78, 5) is 3.95. The third-order valence-corrected chi connectivity index (χ3v) is 2.38. The summed E-state index contributed by atoms with van der Waals surface area (Å²) in [6.07, 6.45) is 3.63. The summed E-state index contributed by atoms with van der Waals surface area (Å²) in [5, 5.41) is 1.13. The molecule has 0 unspecified atom stereocenters. The van der Waals surface area contributed by atoms with E-state index in [0.717, 1.165) is 24.2 Å². The molecule has 4 heteroatoms. The molecule has 66 valence electrons. The van der Waals surface area contributed by atoms with E-state index in [4.69, 9.17) is 23.2 Å². The lowest BCUT2D eigenvalue weighted by molar-refractivity contribution is 0.927. The first-order valence-corrected chi connectivity index (χ1v) is 5.03. The first kappa shape index (κ1) is 10.2. The molecule has 12 heavy (non-hydrogen) atoms. The Bertz CT molecular complexity index is 265. The number of aromatic nitrogens is 1. The molecule has 0 aliphatic carbocycles. The summed E-state index contributed by atoms with van der Waals surface area (Å²) in [5.74, 6) is 0.860. The molecule has 0 aromatic carbocycles. The molecule has 1 aromatic rings. The van der Waals surface area contributed by atoms with Gasteiger partial charge in [-0.15, -0.1) is 0 Å². The molecule has 0 aliphatic rings. The molecule has 0 saturated heterocycles. The first-order valence-electron chi connectivity index (χ1n) is 3.65. The molecule has 1 aromatic heterocycles. The molecule has 0 aliphatic heterocycles. The fourth-order valence-electron chi connectivity index (χ4n) is 0.889. The van der Waals surface area contributed by atoms with Gasteiger partial charge in [-0.3, -0.25) is 0 Å². The summed E-state index contributed by atoms with van der Waals surface area (Å²) < 4.78 is 0. The van der Waals surface area contributed by atoms with E-state index in [2.05, 4.69) is 17.6 Å². The minimum atomic E-state index is 0.439. The minimum Gasteiger partial charge on any atom is -0.244 e. The maximum absolute atomic E-state index is 5.92. The number of halogens is 2. The van der Waals surface area contributed by atoms with E-state index in [1.54, 1.807) is 12.3 Å². The van der Waals surface area contributed by atoms with Crippen molar-refractivity contribution in [3.63, 3.8) is 0 Å². The van der Waals surface area contributed by atoms with E-state index in [1.165, 1.54) is 0 Å². The molecule has 0 bridgehead atoms. The zero-order chi connectivity index (χ0) is 8.97. The lowest BCUT2D eigenvalue weighted by atomic mass is 10.2. The van der Waals surface area contributed by atoms with Gasteiger partial charge in [0.25, 0.3) is 0 Å². The molecule has 0 radical (unpaired) electrons. The Labute approximate surface area is 87.5 Å². The highest BCUT2D eigenvalue weighted by Crippen LogP contribution is 2.19. The van der Waals surface area contributed by atoms with Gasteiger partial charge in [0.15, 0.2) is 0 Å². The number of aryl methyl sites for hydroxylation is 1. The van der Waals surface area contributed by atoms with E-state index in [-0.39, 0.29) is 0 Å². The topological polar surface area (TPSA) is 12.9 Å². The average molecular weight is 222 g/mol. The van der Waals surface area contributed by atoms with E-state index >= 15 is 0 Å². The van der Waals surface area contributed by atoms with Crippen LogP contribution in [0.3, 0.4) is 0 Å². The molecule has 1 nitrogen and oxygen atoms in total. The van der Waals surface area contributed by atoms with Crippen LogP contribution in [0.4, 0.5) is 0 Å². The standard InChI is InChI=1S/C8H9Cl2NS/c9-7-4-8(10)11-5-6(7)2-1-3-12/h4-5,12H,1-3H2. The Hall–Kier alpha value is 0.0800. The van der Waals surface area contributed by atoms with Gasteiger partial charge in [-0.1, -0.05) is 23.2 Å². The van der Waals surface area contributed by atoms with Gasteiger partial charge < -0.3 is 0 Å². The highest BCUT2D eigenvalue weighted by atomic mass is 35.5. The molecule has 0 fully saturated rings. The van der Waals surface area contributed by atoms with Crippen LogP contribution in [0.1, 0.15) is 12.0 Å². The Morgan fingerprint density at radius 2 is 2.17 bits per heavy atom. The third-order valence-electron chi connectivity index (χ3n) is 1.50. The monoisotopic (exact) mass is 221 g/mol. The van der Waals surface area contributed by atoms with Crippen LogP contribution in [0.15, 0.2) is 12.3 Å². The Balaban J connectivity index is 2.72. The molecule has 1 rings (SSSR count). The van der Waals surface area contributed by atoms with Gasteiger partial charge in [0.1, 0.15) is 5.15 Å². The van der Waals surface area contributed by atoms with Crippen LogP contribution >= 0.6 is 35.8 Å². The molecule has 0 amide bonds. The quantitative estimate of drug-likeness (QED) is 0.611. The summed E-state index contributed by atoms with van der Waals surface area (Å²) in [6.45, 7) is 0. The zero-order valence-electron chi connectivity index (χ0n) is 6.43.